The molecule has 108 valence electrons. The Morgan fingerprint density at radius 1 is 1.37 bits per heavy atom. The third kappa shape index (κ3) is 2.46. The van der Waals surface area contributed by atoms with Crippen LogP contribution in [-0.4, -0.2) is 13.0 Å². The van der Waals surface area contributed by atoms with Crippen molar-refractivity contribution in [3.63, 3.8) is 0 Å². The van der Waals surface area contributed by atoms with E-state index in [1.807, 2.05) is 0 Å². The van der Waals surface area contributed by atoms with Gasteiger partial charge in [0.05, 0.1) is 0 Å². The number of carbonyl (C=O) groups excluding carboxylic acids is 1. The maximum Gasteiger partial charge on any atom is 0.220 e. The summed E-state index contributed by atoms with van der Waals surface area (Å²) in [6, 6.07) is 0. The van der Waals surface area contributed by atoms with E-state index in [4.69, 9.17) is 0 Å². The molecule has 3 atom stereocenters. The van der Waals surface area contributed by atoms with Crippen LogP contribution in [0, 0.1) is 22.7 Å². The SMILES string of the molecule is C=C1CCC2C(C)(C)CCC[C@]2(C)[C@@H]1CC(=O)NC. The summed E-state index contributed by atoms with van der Waals surface area (Å²) in [4.78, 5) is 11.9. The van der Waals surface area contributed by atoms with Gasteiger partial charge in [-0.2, -0.15) is 0 Å². The minimum absolute atomic E-state index is 0.163. The van der Waals surface area contributed by atoms with Crippen molar-refractivity contribution in [2.45, 2.75) is 59.3 Å². The van der Waals surface area contributed by atoms with Crippen molar-refractivity contribution in [2.24, 2.45) is 22.7 Å². The molecule has 0 bridgehead atoms. The van der Waals surface area contributed by atoms with Crippen molar-refractivity contribution in [2.75, 3.05) is 7.05 Å². The van der Waals surface area contributed by atoms with E-state index in [-0.39, 0.29) is 11.3 Å². The molecule has 0 aromatic rings. The van der Waals surface area contributed by atoms with Crippen LogP contribution < -0.4 is 5.32 Å². The molecule has 2 aliphatic rings. The third-order valence-corrected chi connectivity index (χ3v) is 5.99. The van der Waals surface area contributed by atoms with Crippen LogP contribution in [0.25, 0.3) is 0 Å². The summed E-state index contributed by atoms with van der Waals surface area (Å²) < 4.78 is 0. The minimum Gasteiger partial charge on any atom is -0.359 e. The number of amides is 1. The van der Waals surface area contributed by atoms with Crippen LogP contribution in [0.5, 0.6) is 0 Å². The van der Waals surface area contributed by atoms with E-state index in [0.717, 1.165) is 12.3 Å². The quantitative estimate of drug-likeness (QED) is 0.752. The Labute approximate surface area is 118 Å². The summed E-state index contributed by atoms with van der Waals surface area (Å²) in [5.41, 5.74) is 1.98. The maximum atomic E-state index is 11.9. The van der Waals surface area contributed by atoms with Gasteiger partial charge in [-0.15, -0.1) is 0 Å². The van der Waals surface area contributed by atoms with Crippen LogP contribution in [0.15, 0.2) is 12.2 Å². The second-order valence-electron chi connectivity index (χ2n) is 7.53. The van der Waals surface area contributed by atoms with Gasteiger partial charge in [-0.1, -0.05) is 39.3 Å². The Bertz CT molecular complexity index is 385. The molecule has 0 saturated heterocycles. The number of fused-ring (bicyclic) bond motifs is 1. The van der Waals surface area contributed by atoms with E-state index in [9.17, 15) is 4.79 Å². The highest BCUT2D eigenvalue weighted by atomic mass is 16.1. The van der Waals surface area contributed by atoms with Gasteiger partial charge in [0.1, 0.15) is 0 Å². The molecular weight excluding hydrogens is 234 g/mol. The summed E-state index contributed by atoms with van der Waals surface area (Å²) in [5.74, 6) is 1.26. The van der Waals surface area contributed by atoms with E-state index >= 15 is 0 Å². The van der Waals surface area contributed by atoms with Crippen molar-refractivity contribution >= 4 is 5.91 Å². The van der Waals surface area contributed by atoms with Gasteiger partial charge in [-0.3, -0.25) is 4.79 Å². The molecular formula is C17H29NO. The fourth-order valence-electron chi connectivity index (χ4n) is 4.94. The van der Waals surface area contributed by atoms with E-state index < -0.39 is 0 Å². The number of allylic oxidation sites excluding steroid dienone is 1. The molecule has 0 aliphatic heterocycles. The van der Waals surface area contributed by atoms with Crippen LogP contribution in [0.2, 0.25) is 0 Å². The molecule has 0 radical (unpaired) electrons. The first kappa shape index (κ1) is 14.6. The van der Waals surface area contributed by atoms with Gasteiger partial charge in [-0.05, 0) is 48.3 Å². The van der Waals surface area contributed by atoms with Crippen LogP contribution in [-0.2, 0) is 4.79 Å². The largest absolute Gasteiger partial charge is 0.359 e. The predicted molar refractivity (Wildman–Crippen MR) is 79.8 cm³/mol. The molecule has 1 amide bonds. The van der Waals surface area contributed by atoms with E-state index in [0.29, 0.717) is 17.8 Å². The predicted octanol–water partition coefficient (Wildman–Crippen LogP) is 3.92. The zero-order valence-corrected chi connectivity index (χ0v) is 13.0. The van der Waals surface area contributed by atoms with E-state index in [2.05, 4.69) is 32.7 Å². The highest BCUT2D eigenvalue weighted by Gasteiger charge is 2.52. The van der Waals surface area contributed by atoms with Crippen molar-refractivity contribution in [3.8, 4) is 0 Å². The Balaban J connectivity index is 2.30. The molecule has 1 N–H and O–H groups in total. The Morgan fingerprint density at radius 3 is 2.68 bits per heavy atom. The van der Waals surface area contributed by atoms with Crippen molar-refractivity contribution in [1.29, 1.82) is 0 Å². The second-order valence-corrected chi connectivity index (χ2v) is 7.53. The Kier molecular flexibility index (Phi) is 3.81. The molecule has 1 unspecified atom stereocenters. The first-order chi connectivity index (χ1) is 8.81. The standard InChI is InChI=1S/C17H29NO/c1-12-7-8-14-16(2,3)9-6-10-17(14,4)13(12)11-15(19)18-5/h13-14H,1,6-11H2,2-5H3,(H,18,19)/t13-,14?,17-/m1/s1. The molecule has 19 heavy (non-hydrogen) atoms. The van der Waals surface area contributed by atoms with Crippen LogP contribution in [0.4, 0.5) is 0 Å². The van der Waals surface area contributed by atoms with Crippen molar-refractivity contribution in [1.82, 2.24) is 5.32 Å². The second kappa shape index (κ2) is 4.96. The average molecular weight is 263 g/mol. The highest BCUT2D eigenvalue weighted by Crippen LogP contribution is 2.61. The topological polar surface area (TPSA) is 29.1 Å². The van der Waals surface area contributed by atoms with Crippen LogP contribution in [0.3, 0.4) is 0 Å². The first-order valence-corrected chi connectivity index (χ1v) is 7.69. The first-order valence-electron chi connectivity index (χ1n) is 7.69. The molecule has 2 saturated carbocycles. The van der Waals surface area contributed by atoms with Gasteiger partial charge in [-0.25, -0.2) is 0 Å². The van der Waals surface area contributed by atoms with Gasteiger partial charge >= 0.3 is 0 Å². The fourth-order valence-corrected chi connectivity index (χ4v) is 4.94. The molecule has 0 spiro atoms. The summed E-state index contributed by atoms with van der Waals surface area (Å²) >= 11 is 0. The van der Waals surface area contributed by atoms with Crippen molar-refractivity contribution in [3.05, 3.63) is 12.2 Å². The number of hydrogen-bond acceptors (Lipinski definition) is 1. The molecule has 2 heteroatoms. The molecule has 2 rings (SSSR count). The monoisotopic (exact) mass is 263 g/mol. The number of nitrogens with one attached hydrogen (secondary N) is 1. The summed E-state index contributed by atoms with van der Waals surface area (Å²) in [5, 5.41) is 2.79. The Morgan fingerprint density at radius 2 is 2.05 bits per heavy atom. The zero-order valence-electron chi connectivity index (χ0n) is 13.0. The summed E-state index contributed by atoms with van der Waals surface area (Å²) in [6.07, 6.45) is 6.85. The van der Waals surface area contributed by atoms with Gasteiger partial charge in [0, 0.05) is 13.5 Å². The summed E-state index contributed by atoms with van der Waals surface area (Å²) in [7, 11) is 1.73. The molecule has 2 fully saturated rings. The van der Waals surface area contributed by atoms with Crippen molar-refractivity contribution < 1.29 is 4.79 Å². The third-order valence-electron chi connectivity index (χ3n) is 5.99. The lowest BCUT2D eigenvalue weighted by Crippen LogP contribution is -2.50. The lowest BCUT2D eigenvalue weighted by molar-refractivity contribution is -0.125. The molecule has 2 aliphatic carbocycles. The molecule has 0 aromatic carbocycles. The van der Waals surface area contributed by atoms with Gasteiger partial charge in [0.25, 0.3) is 0 Å². The summed E-state index contributed by atoms with van der Waals surface area (Å²) in [6.45, 7) is 11.5. The Hall–Kier alpha value is -0.790. The fraction of sp³-hybridized carbons (Fsp3) is 0.824. The average Bonchev–Trinajstić information content (AvgIpc) is 2.32. The number of hydrogen-bond donors (Lipinski definition) is 1. The number of rotatable bonds is 2. The smallest absolute Gasteiger partial charge is 0.220 e. The number of carbonyl (C=O) groups is 1. The molecule has 2 nitrogen and oxygen atoms in total. The molecule has 0 heterocycles. The molecule has 0 aromatic heterocycles. The maximum absolute atomic E-state index is 11.9. The van der Waals surface area contributed by atoms with Gasteiger partial charge in [0.2, 0.25) is 5.91 Å². The zero-order chi connectivity index (χ0) is 14.3. The van der Waals surface area contributed by atoms with E-state index in [1.54, 1.807) is 7.05 Å². The minimum atomic E-state index is 0.163. The van der Waals surface area contributed by atoms with Crippen LogP contribution in [0.1, 0.15) is 59.3 Å². The lowest BCUT2D eigenvalue weighted by Gasteiger charge is -2.57. The highest BCUT2D eigenvalue weighted by molar-refractivity contribution is 5.76. The normalized spacial score (nSPS) is 37.6. The van der Waals surface area contributed by atoms with E-state index in [1.165, 1.54) is 31.3 Å². The van der Waals surface area contributed by atoms with Gasteiger partial charge in [0.15, 0.2) is 0 Å². The van der Waals surface area contributed by atoms with Crippen LogP contribution >= 0.6 is 0 Å². The lowest BCUT2D eigenvalue weighted by atomic mass is 9.47. The van der Waals surface area contributed by atoms with Gasteiger partial charge < -0.3 is 5.32 Å².